The molecule has 45 heavy (non-hydrogen) atoms. The summed E-state index contributed by atoms with van der Waals surface area (Å²) in [6, 6.07) is 4.63. The Bertz CT molecular complexity index is 1530. The molecule has 3 amide bonds. The molecule has 246 valence electrons. The summed E-state index contributed by atoms with van der Waals surface area (Å²) >= 11 is 0. The number of rotatable bonds is 9. The van der Waals surface area contributed by atoms with Crippen LogP contribution in [0.4, 0.5) is 13.2 Å². The molecule has 0 radical (unpaired) electrons. The molecule has 2 heterocycles. The van der Waals surface area contributed by atoms with Gasteiger partial charge in [0, 0.05) is 19.0 Å². The van der Waals surface area contributed by atoms with Gasteiger partial charge in [0.2, 0.25) is 17.7 Å². The first kappa shape index (κ1) is 34.4. The van der Waals surface area contributed by atoms with E-state index in [0.29, 0.717) is 18.5 Å². The van der Waals surface area contributed by atoms with Crippen LogP contribution in [0.3, 0.4) is 0 Å². The Morgan fingerprint density at radius 3 is 2.24 bits per heavy atom. The number of Topliss-reactive ketones (excluding diaryl/α,β-unsaturated/α-hetero) is 1. The van der Waals surface area contributed by atoms with Gasteiger partial charge in [0.1, 0.15) is 17.3 Å². The lowest BCUT2D eigenvalue weighted by Gasteiger charge is -2.40. The Morgan fingerprint density at radius 2 is 1.76 bits per heavy atom. The number of alkyl halides is 3. The van der Waals surface area contributed by atoms with Gasteiger partial charge >= 0.3 is 6.18 Å². The number of aryl methyl sites for hydroxylation is 1. The molecule has 3 fully saturated rings. The van der Waals surface area contributed by atoms with Crippen LogP contribution in [-0.4, -0.2) is 73.4 Å². The summed E-state index contributed by atoms with van der Waals surface area (Å²) in [4.78, 5) is 53.8. The molecule has 1 aromatic carbocycles. The number of likely N-dealkylation sites (tertiary alicyclic amines) is 1. The van der Waals surface area contributed by atoms with E-state index in [-0.39, 0.29) is 24.8 Å². The minimum Gasteiger partial charge on any atom is -0.356 e. The second-order valence-corrected chi connectivity index (χ2v) is 16.1. The van der Waals surface area contributed by atoms with Crippen molar-refractivity contribution in [3.8, 4) is 6.07 Å². The van der Waals surface area contributed by atoms with Crippen molar-refractivity contribution in [3.63, 3.8) is 0 Å². The van der Waals surface area contributed by atoms with Gasteiger partial charge in [-0.15, -0.1) is 0 Å². The molecule has 0 spiro atoms. The van der Waals surface area contributed by atoms with Gasteiger partial charge in [-0.3, -0.25) is 19.2 Å². The van der Waals surface area contributed by atoms with E-state index in [1.54, 1.807) is 6.92 Å². The maximum absolute atomic E-state index is 14.4. The average molecular weight is 653 g/mol. The average Bonchev–Trinajstić information content (AvgIpc) is 3.26. The van der Waals surface area contributed by atoms with E-state index in [2.05, 4.69) is 10.6 Å². The van der Waals surface area contributed by atoms with Crippen LogP contribution in [0, 0.1) is 52.8 Å². The van der Waals surface area contributed by atoms with Crippen LogP contribution >= 0.6 is 0 Å². The number of fused-ring (bicyclic) bond motifs is 1. The number of nitriles is 1. The van der Waals surface area contributed by atoms with Crippen LogP contribution in [0.1, 0.15) is 53.0 Å². The van der Waals surface area contributed by atoms with Gasteiger partial charge in [-0.2, -0.15) is 18.4 Å². The number of benzene rings is 1. The van der Waals surface area contributed by atoms with Crippen molar-refractivity contribution in [1.29, 1.82) is 5.26 Å². The zero-order chi connectivity index (χ0) is 33.9. The lowest BCUT2D eigenvalue weighted by molar-refractivity contribution is -0.173. The molecule has 0 aromatic heterocycles. The minimum absolute atomic E-state index is 0.0355. The number of carbonyl (C=O) groups is 4. The van der Waals surface area contributed by atoms with Crippen molar-refractivity contribution in [3.05, 3.63) is 29.8 Å². The first-order valence-corrected chi connectivity index (χ1v) is 16.4. The third kappa shape index (κ3) is 6.46. The second kappa shape index (κ2) is 11.7. The van der Waals surface area contributed by atoms with Crippen LogP contribution in [0.2, 0.25) is 0 Å². The largest absolute Gasteiger partial charge is 0.451 e. The third-order valence-electron chi connectivity index (χ3n) is 9.64. The first-order chi connectivity index (χ1) is 20.6. The fourth-order valence-electron chi connectivity index (χ4n) is 7.01. The number of amides is 3. The van der Waals surface area contributed by atoms with Crippen LogP contribution in [0.5, 0.6) is 0 Å². The Labute approximate surface area is 261 Å². The summed E-state index contributed by atoms with van der Waals surface area (Å²) in [5, 5.41) is 12.2. The summed E-state index contributed by atoms with van der Waals surface area (Å²) < 4.78 is 70.0. The number of nitrogens with zero attached hydrogens (tertiary/aromatic N) is 2. The van der Waals surface area contributed by atoms with Gasteiger partial charge in [0.05, 0.1) is 16.9 Å². The smallest absolute Gasteiger partial charge is 0.356 e. The molecule has 2 saturated heterocycles. The maximum Gasteiger partial charge on any atom is 0.451 e. The summed E-state index contributed by atoms with van der Waals surface area (Å²) in [5.74, 6) is -7.73. The Morgan fingerprint density at radius 1 is 1.16 bits per heavy atom. The molecular formula is C31H39F3N4O6S. The number of nitrogens with one attached hydrogen (secondary N) is 2. The Balaban J connectivity index is 1.74. The van der Waals surface area contributed by atoms with Crippen molar-refractivity contribution < 1.29 is 40.8 Å². The molecule has 2 aliphatic heterocycles. The molecular weight excluding hydrogens is 613 g/mol. The number of hydrogen-bond acceptors (Lipinski definition) is 7. The highest BCUT2D eigenvalue weighted by molar-refractivity contribution is 7.92. The molecule has 7 atom stereocenters. The standard InChI is InChI=1S/C31H39F3N4O6S/c1-16-7-9-19(10-8-16)45(43,44)24(25(39)31(32,33)34)22(29(2,3)4)28(42)38-15-20-21(30(20,5)6)23(38)27(41)37-18(14-35)13-17-11-12-36-26(17)40/h7-10,17-18,20-24H,11-13,15H2,1-6H3,(H,36,40)(H,37,41)/t17-,18-,20-,21-,22+,23-,24?/m0/s1. The van der Waals surface area contributed by atoms with E-state index in [1.807, 2.05) is 19.9 Å². The second-order valence-electron chi connectivity index (χ2n) is 14.1. The third-order valence-corrected chi connectivity index (χ3v) is 11.7. The van der Waals surface area contributed by atoms with Gasteiger partial charge in [-0.05, 0) is 54.6 Å². The molecule has 2 N–H and O–H groups in total. The van der Waals surface area contributed by atoms with Crippen LogP contribution in [-0.2, 0) is 29.0 Å². The van der Waals surface area contributed by atoms with Crippen LogP contribution in [0.15, 0.2) is 29.2 Å². The molecule has 1 saturated carbocycles. The number of hydrogen-bond donors (Lipinski definition) is 2. The number of halogens is 3. The quantitative estimate of drug-likeness (QED) is 0.416. The molecule has 3 aliphatic rings. The van der Waals surface area contributed by atoms with E-state index in [0.717, 1.165) is 17.0 Å². The SMILES string of the molecule is Cc1ccc(S(=O)(=O)C(C(=O)C(F)(F)F)[C@H](C(=O)N2C[C@H]3[C@@H]([C@H]2C(=O)N[C@H](C#N)C[C@@H]2CCNC2=O)C3(C)C)C(C)(C)C)cc1. The number of piperidine rings is 1. The van der Waals surface area contributed by atoms with E-state index in [1.165, 1.54) is 32.9 Å². The lowest BCUT2D eigenvalue weighted by Crippen LogP contribution is -2.59. The topological polar surface area (TPSA) is 154 Å². The highest BCUT2D eigenvalue weighted by Gasteiger charge is 2.70. The van der Waals surface area contributed by atoms with Gasteiger partial charge in [-0.1, -0.05) is 52.3 Å². The predicted molar refractivity (Wildman–Crippen MR) is 156 cm³/mol. The number of carbonyl (C=O) groups excluding carboxylic acids is 4. The molecule has 1 unspecified atom stereocenters. The minimum atomic E-state index is -5.58. The molecule has 0 bridgehead atoms. The molecule has 1 aliphatic carbocycles. The number of sulfone groups is 1. The van der Waals surface area contributed by atoms with E-state index < -0.39 is 84.4 Å². The van der Waals surface area contributed by atoms with Gasteiger partial charge in [-0.25, -0.2) is 8.42 Å². The fourth-order valence-corrected chi connectivity index (χ4v) is 9.12. The van der Waals surface area contributed by atoms with Crippen molar-refractivity contribution in [2.24, 2.45) is 34.5 Å². The van der Waals surface area contributed by atoms with Gasteiger partial charge in [0.15, 0.2) is 9.84 Å². The van der Waals surface area contributed by atoms with Crippen LogP contribution < -0.4 is 10.6 Å². The van der Waals surface area contributed by atoms with Gasteiger partial charge in [0.25, 0.3) is 5.78 Å². The van der Waals surface area contributed by atoms with Crippen molar-refractivity contribution in [2.45, 2.75) is 82.8 Å². The normalized spacial score (nSPS) is 26.2. The zero-order valence-electron chi connectivity index (χ0n) is 26.1. The zero-order valence-corrected chi connectivity index (χ0v) is 26.9. The summed E-state index contributed by atoms with van der Waals surface area (Å²) in [7, 11) is -5.06. The number of ketones is 1. The molecule has 1 aromatic rings. The molecule has 4 rings (SSSR count). The summed E-state index contributed by atoms with van der Waals surface area (Å²) in [5.41, 5.74) is -1.26. The van der Waals surface area contributed by atoms with E-state index in [9.17, 15) is 46.0 Å². The van der Waals surface area contributed by atoms with Crippen LogP contribution in [0.25, 0.3) is 0 Å². The predicted octanol–water partition coefficient (Wildman–Crippen LogP) is 2.95. The Hall–Kier alpha value is -3.47. The monoisotopic (exact) mass is 652 g/mol. The molecule has 14 heteroatoms. The van der Waals surface area contributed by atoms with Crippen molar-refractivity contribution >= 4 is 33.3 Å². The Kier molecular flexibility index (Phi) is 8.96. The fraction of sp³-hybridized carbons (Fsp3) is 0.645. The highest BCUT2D eigenvalue weighted by Crippen LogP contribution is 2.65. The first-order valence-electron chi connectivity index (χ1n) is 14.8. The van der Waals surface area contributed by atoms with Gasteiger partial charge < -0.3 is 15.5 Å². The summed E-state index contributed by atoms with van der Waals surface area (Å²) in [6.07, 6.45) is -5.06. The van der Waals surface area contributed by atoms with E-state index >= 15 is 0 Å². The molecule has 10 nitrogen and oxygen atoms in total. The van der Waals surface area contributed by atoms with E-state index in [4.69, 9.17) is 0 Å². The van der Waals surface area contributed by atoms with Crippen molar-refractivity contribution in [1.82, 2.24) is 15.5 Å². The van der Waals surface area contributed by atoms with Crippen molar-refractivity contribution in [2.75, 3.05) is 13.1 Å². The summed E-state index contributed by atoms with van der Waals surface area (Å²) in [6.45, 7) is 9.96. The lowest BCUT2D eigenvalue weighted by atomic mass is 9.76. The maximum atomic E-state index is 14.4. The highest BCUT2D eigenvalue weighted by atomic mass is 32.2.